The molecule has 0 radical (unpaired) electrons. The fourth-order valence-corrected chi connectivity index (χ4v) is 2.15. The van der Waals surface area contributed by atoms with E-state index in [0.717, 1.165) is 12.1 Å². The lowest BCUT2D eigenvalue weighted by Gasteiger charge is -2.37. The van der Waals surface area contributed by atoms with E-state index in [-0.39, 0.29) is 24.1 Å². The largest absolute Gasteiger partial charge is 0.395 e. The van der Waals surface area contributed by atoms with Crippen molar-refractivity contribution in [1.29, 1.82) is 0 Å². The fraction of sp³-hybridized carbons (Fsp3) is 0.600. The number of aliphatic hydroxyl groups is 1. The minimum atomic E-state index is -0.0421. The van der Waals surface area contributed by atoms with Gasteiger partial charge in [0.1, 0.15) is 0 Å². The van der Waals surface area contributed by atoms with Gasteiger partial charge in [-0.05, 0) is 24.9 Å². The highest BCUT2D eigenvalue weighted by atomic mass is 16.3. The lowest BCUT2D eigenvalue weighted by atomic mass is 9.80. The number of aliphatic hydroxyl groups excluding tert-OH is 1. The second-order valence-corrected chi connectivity index (χ2v) is 5.82. The Balaban J connectivity index is 2.74. The molecule has 3 nitrogen and oxygen atoms in total. The molecule has 2 atom stereocenters. The first-order valence-electron chi connectivity index (χ1n) is 6.50. The highest BCUT2D eigenvalue weighted by molar-refractivity contribution is 5.20. The molecule has 1 aromatic carbocycles. The van der Waals surface area contributed by atoms with Crippen LogP contribution in [-0.4, -0.2) is 36.2 Å². The number of likely N-dealkylation sites (N-methyl/N-ethyl adjacent to an activating group) is 1. The minimum Gasteiger partial charge on any atom is -0.395 e. The quantitative estimate of drug-likeness (QED) is 0.812. The molecule has 0 spiro atoms. The van der Waals surface area contributed by atoms with Crippen molar-refractivity contribution in [2.24, 2.45) is 11.1 Å². The summed E-state index contributed by atoms with van der Waals surface area (Å²) >= 11 is 0. The third kappa shape index (κ3) is 3.80. The van der Waals surface area contributed by atoms with Gasteiger partial charge in [-0.1, -0.05) is 44.2 Å². The Morgan fingerprint density at radius 3 is 2.33 bits per heavy atom. The lowest BCUT2D eigenvalue weighted by molar-refractivity contribution is 0.105. The highest BCUT2D eigenvalue weighted by Crippen LogP contribution is 2.32. The Morgan fingerprint density at radius 2 is 1.83 bits per heavy atom. The van der Waals surface area contributed by atoms with Crippen LogP contribution in [0.5, 0.6) is 0 Å². The average molecular weight is 250 g/mol. The molecule has 0 bridgehead atoms. The molecule has 3 heteroatoms. The van der Waals surface area contributed by atoms with Gasteiger partial charge in [0.05, 0.1) is 6.61 Å². The van der Waals surface area contributed by atoms with E-state index < -0.39 is 0 Å². The van der Waals surface area contributed by atoms with Gasteiger partial charge >= 0.3 is 0 Å². The van der Waals surface area contributed by atoms with Crippen LogP contribution in [0, 0.1) is 5.41 Å². The first kappa shape index (κ1) is 15.2. The minimum absolute atomic E-state index is 0.00737. The van der Waals surface area contributed by atoms with Gasteiger partial charge < -0.3 is 15.7 Å². The number of nitrogens with two attached hydrogens (primary N) is 1. The van der Waals surface area contributed by atoms with Crippen molar-refractivity contribution in [3.8, 4) is 0 Å². The van der Waals surface area contributed by atoms with Gasteiger partial charge in [0.25, 0.3) is 0 Å². The van der Waals surface area contributed by atoms with E-state index in [1.54, 1.807) is 0 Å². The average Bonchev–Trinajstić information content (AvgIpc) is 2.37. The maximum Gasteiger partial charge on any atom is 0.0584 e. The van der Waals surface area contributed by atoms with Crippen LogP contribution >= 0.6 is 0 Å². The van der Waals surface area contributed by atoms with Crippen molar-refractivity contribution in [2.75, 3.05) is 20.2 Å². The first-order chi connectivity index (χ1) is 8.38. The summed E-state index contributed by atoms with van der Waals surface area (Å²) in [6.07, 6.45) is 0. The van der Waals surface area contributed by atoms with Crippen LogP contribution in [0.15, 0.2) is 30.3 Å². The van der Waals surface area contributed by atoms with Crippen LogP contribution in [0.3, 0.4) is 0 Å². The van der Waals surface area contributed by atoms with E-state index in [4.69, 9.17) is 5.73 Å². The van der Waals surface area contributed by atoms with E-state index in [9.17, 15) is 5.11 Å². The summed E-state index contributed by atoms with van der Waals surface area (Å²) in [6.45, 7) is 7.39. The van der Waals surface area contributed by atoms with Crippen LogP contribution in [0.4, 0.5) is 0 Å². The van der Waals surface area contributed by atoms with Crippen molar-refractivity contribution in [3.05, 3.63) is 35.9 Å². The van der Waals surface area contributed by atoms with Gasteiger partial charge in [-0.25, -0.2) is 0 Å². The molecule has 102 valence electrons. The summed E-state index contributed by atoms with van der Waals surface area (Å²) < 4.78 is 0. The topological polar surface area (TPSA) is 49.5 Å². The summed E-state index contributed by atoms with van der Waals surface area (Å²) in [5, 5.41) is 9.18. The molecule has 0 aliphatic heterocycles. The number of nitrogens with zero attached hydrogens (tertiary/aromatic N) is 1. The summed E-state index contributed by atoms with van der Waals surface area (Å²) in [6, 6.07) is 10.3. The van der Waals surface area contributed by atoms with Gasteiger partial charge in [-0.3, -0.25) is 0 Å². The molecule has 1 rings (SSSR count). The summed E-state index contributed by atoms with van der Waals surface area (Å²) in [4.78, 5) is 2.16. The Labute approximate surface area is 111 Å². The molecule has 0 heterocycles. The molecule has 0 aliphatic carbocycles. The maximum atomic E-state index is 9.18. The third-order valence-electron chi connectivity index (χ3n) is 3.67. The second kappa shape index (κ2) is 6.32. The number of hydrogen-bond acceptors (Lipinski definition) is 3. The Bertz CT molecular complexity index is 351. The molecule has 0 fully saturated rings. The van der Waals surface area contributed by atoms with Crippen molar-refractivity contribution in [1.82, 2.24) is 4.90 Å². The molecule has 0 aromatic heterocycles. The van der Waals surface area contributed by atoms with E-state index >= 15 is 0 Å². The molecule has 1 aromatic rings. The van der Waals surface area contributed by atoms with Gasteiger partial charge in [0, 0.05) is 18.6 Å². The summed E-state index contributed by atoms with van der Waals surface area (Å²) in [5.41, 5.74) is 7.49. The van der Waals surface area contributed by atoms with Gasteiger partial charge in [-0.2, -0.15) is 0 Å². The van der Waals surface area contributed by atoms with Crippen molar-refractivity contribution >= 4 is 0 Å². The third-order valence-corrected chi connectivity index (χ3v) is 3.67. The standard InChI is InChI=1S/C15H26N2O/c1-12(10-18)17(4)11-15(2,3)14(16)13-8-6-5-7-9-13/h5-9,12,14,18H,10-11,16H2,1-4H3. The Hall–Kier alpha value is -0.900. The molecular formula is C15H26N2O. The van der Waals surface area contributed by atoms with Crippen LogP contribution in [0.25, 0.3) is 0 Å². The first-order valence-corrected chi connectivity index (χ1v) is 6.50. The molecular weight excluding hydrogens is 224 g/mol. The normalized spacial score (nSPS) is 15.7. The zero-order chi connectivity index (χ0) is 13.8. The van der Waals surface area contributed by atoms with E-state index in [0.29, 0.717) is 0 Å². The highest BCUT2D eigenvalue weighted by Gasteiger charge is 2.30. The molecule has 0 saturated heterocycles. The number of rotatable bonds is 6. The van der Waals surface area contributed by atoms with E-state index in [1.165, 1.54) is 0 Å². The summed E-state index contributed by atoms with van der Waals surface area (Å²) in [7, 11) is 2.03. The summed E-state index contributed by atoms with van der Waals surface area (Å²) in [5.74, 6) is 0. The second-order valence-electron chi connectivity index (χ2n) is 5.82. The molecule has 0 saturated carbocycles. The van der Waals surface area contributed by atoms with Gasteiger partial charge in [0.2, 0.25) is 0 Å². The van der Waals surface area contributed by atoms with Crippen LogP contribution < -0.4 is 5.73 Å². The van der Waals surface area contributed by atoms with Gasteiger partial charge in [0.15, 0.2) is 0 Å². The van der Waals surface area contributed by atoms with E-state index in [2.05, 4.69) is 30.9 Å². The molecule has 0 amide bonds. The zero-order valence-electron chi connectivity index (χ0n) is 11.9. The zero-order valence-corrected chi connectivity index (χ0v) is 11.9. The van der Waals surface area contributed by atoms with Crippen molar-refractivity contribution < 1.29 is 5.11 Å². The van der Waals surface area contributed by atoms with E-state index in [1.807, 2.05) is 32.2 Å². The van der Waals surface area contributed by atoms with Crippen molar-refractivity contribution in [2.45, 2.75) is 32.9 Å². The monoisotopic (exact) mass is 250 g/mol. The molecule has 0 aliphatic rings. The van der Waals surface area contributed by atoms with Crippen LogP contribution in [0.1, 0.15) is 32.4 Å². The SMILES string of the molecule is CC(CO)N(C)CC(C)(C)C(N)c1ccccc1. The predicted molar refractivity (Wildman–Crippen MR) is 76.3 cm³/mol. The number of hydrogen-bond donors (Lipinski definition) is 2. The maximum absolute atomic E-state index is 9.18. The smallest absolute Gasteiger partial charge is 0.0584 e. The fourth-order valence-electron chi connectivity index (χ4n) is 2.15. The molecule has 3 N–H and O–H groups in total. The molecule has 2 unspecified atom stereocenters. The molecule has 18 heavy (non-hydrogen) atoms. The van der Waals surface area contributed by atoms with Crippen LogP contribution in [0.2, 0.25) is 0 Å². The van der Waals surface area contributed by atoms with Crippen molar-refractivity contribution in [3.63, 3.8) is 0 Å². The Morgan fingerprint density at radius 1 is 1.28 bits per heavy atom. The van der Waals surface area contributed by atoms with Gasteiger partial charge in [-0.15, -0.1) is 0 Å². The Kier molecular flexibility index (Phi) is 5.32. The predicted octanol–water partition coefficient (Wildman–Crippen LogP) is 2.03. The lowest BCUT2D eigenvalue weighted by Crippen LogP contribution is -2.43. The number of benzene rings is 1. The van der Waals surface area contributed by atoms with Crippen LogP contribution in [-0.2, 0) is 0 Å².